The average Bonchev–Trinajstić information content (AvgIpc) is 2.43. The lowest BCUT2D eigenvalue weighted by Gasteiger charge is -2.14. The minimum Gasteiger partial charge on any atom is -0.439 e. The van der Waals surface area contributed by atoms with Crippen molar-refractivity contribution in [1.29, 1.82) is 0 Å². The van der Waals surface area contributed by atoms with Crippen LogP contribution in [0.1, 0.15) is 36.5 Å². The number of benzene rings is 1. The average molecular weight is 325 g/mol. The number of pyridine rings is 1. The van der Waals surface area contributed by atoms with Gasteiger partial charge in [-0.3, -0.25) is 0 Å². The van der Waals surface area contributed by atoms with Crippen LogP contribution in [0.25, 0.3) is 0 Å². The van der Waals surface area contributed by atoms with Crippen molar-refractivity contribution in [1.82, 2.24) is 4.98 Å². The lowest BCUT2D eigenvalue weighted by atomic mass is 10.0. The molecule has 2 N–H and O–H groups in total. The fourth-order valence-electron chi connectivity index (χ4n) is 2.00. The van der Waals surface area contributed by atoms with Crippen LogP contribution in [0.5, 0.6) is 11.6 Å². The summed E-state index contributed by atoms with van der Waals surface area (Å²) in [5, 5.41) is 1.29. The largest absolute Gasteiger partial charge is 0.439 e. The Hall–Kier alpha value is -1.29. The zero-order valence-corrected chi connectivity index (χ0v) is 13.8. The molecule has 0 aliphatic heterocycles. The van der Waals surface area contributed by atoms with E-state index in [1.807, 2.05) is 19.1 Å². The number of aryl methyl sites for hydroxylation is 1. The number of ether oxygens (including phenoxy) is 1. The zero-order chi connectivity index (χ0) is 15.6. The predicted octanol–water partition coefficient (Wildman–Crippen LogP) is 5.07. The highest BCUT2D eigenvalue weighted by Crippen LogP contribution is 2.33. The van der Waals surface area contributed by atoms with E-state index in [9.17, 15) is 0 Å². The number of hydrogen-bond donors (Lipinski definition) is 1. The van der Waals surface area contributed by atoms with Crippen LogP contribution in [0.3, 0.4) is 0 Å². The second kappa shape index (κ2) is 6.65. The van der Waals surface area contributed by atoms with E-state index in [0.717, 1.165) is 27.5 Å². The Balaban J connectivity index is 2.37. The van der Waals surface area contributed by atoms with Crippen LogP contribution < -0.4 is 10.5 Å². The molecule has 0 spiro atoms. The van der Waals surface area contributed by atoms with Crippen LogP contribution in [0.4, 0.5) is 0 Å². The molecule has 1 heterocycles. The summed E-state index contributed by atoms with van der Waals surface area (Å²) < 4.78 is 5.87. The molecule has 3 nitrogen and oxygen atoms in total. The molecule has 0 amide bonds. The van der Waals surface area contributed by atoms with E-state index < -0.39 is 0 Å². The molecule has 0 radical (unpaired) electrons. The zero-order valence-electron chi connectivity index (χ0n) is 12.3. The third-order valence-corrected chi connectivity index (χ3v) is 3.93. The van der Waals surface area contributed by atoms with Gasteiger partial charge in [-0.05, 0) is 41.7 Å². The van der Waals surface area contributed by atoms with Crippen molar-refractivity contribution in [3.05, 3.63) is 51.1 Å². The highest BCUT2D eigenvalue weighted by atomic mass is 35.5. The standard InChI is InChI=1S/C16H18Cl2N2O/c1-9(2)12-6-15(10(3)4-13(12)17)21-16-5-11(7-19)14(18)8-20-16/h4-6,8-9H,7,19H2,1-3H3. The number of hydrogen-bond acceptors (Lipinski definition) is 3. The lowest BCUT2D eigenvalue weighted by Crippen LogP contribution is -2.00. The van der Waals surface area contributed by atoms with Crippen LogP contribution in [0, 0.1) is 6.92 Å². The summed E-state index contributed by atoms with van der Waals surface area (Å²) in [6, 6.07) is 5.62. The summed E-state index contributed by atoms with van der Waals surface area (Å²) in [6.07, 6.45) is 1.55. The summed E-state index contributed by atoms with van der Waals surface area (Å²) in [6.45, 7) is 6.47. The number of nitrogens with zero attached hydrogens (tertiary/aromatic N) is 1. The SMILES string of the molecule is Cc1cc(Cl)c(C(C)C)cc1Oc1cc(CN)c(Cl)cn1. The van der Waals surface area contributed by atoms with E-state index in [1.54, 1.807) is 12.3 Å². The molecule has 1 aromatic heterocycles. The quantitative estimate of drug-likeness (QED) is 0.853. The van der Waals surface area contributed by atoms with Crippen molar-refractivity contribution >= 4 is 23.2 Å². The first-order valence-corrected chi connectivity index (χ1v) is 7.50. The number of aromatic nitrogens is 1. The van der Waals surface area contributed by atoms with Crippen molar-refractivity contribution < 1.29 is 4.74 Å². The maximum atomic E-state index is 6.26. The Morgan fingerprint density at radius 2 is 1.90 bits per heavy atom. The van der Waals surface area contributed by atoms with Gasteiger partial charge in [-0.15, -0.1) is 0 Å². The number of halogens is 2. The second-order valence-corrected chi connectivity index (χ2v) is 6.03. The molecule has 0 bridgehead atoms. The predicted molar refractivity (Wildman–Crippen MR) is 87.5 cm³/mol. The maximum Gasteiger partial charge on any atom is 0.219 e. The molecule has 0 fully saturated rings. The van der Waals surface area contributed by atoms with E-state index in [1.165, 1.54) is 0 Å². The van der Waals surface area contributed by atoms with E-state index in [-0.39, 0.29) is 0 Å². The molecule has 5 heteroatoms. The highest BCUT2D eigenvalue weighted by molar-refractivity contribution is 6.31. The van der Waals surface area contributed by atoms with E-state index >= 15 is 0 Å². The molecule has 0 aliphatic rings. The summed E-state index contributed by atoms with van der Waals surface area (Å²) in [5.74, 6) is 1.53. The normalized spacial score (nSPS) is 11.0. The minimum absolute atomic E-state index is 0.318. The van der Waals surface area contributed by atoms with Crippen LogP contribution in [-0.4, -0.2) is 4.98 Å². The van der Waals surface area contributed by atoms with Gasteiger partial charge < -0.3 is 10.5 Å². The molecule has 1 aromatic carbocycles. The summed E-state index contributed by atoms with van der Waals surface area (Å²) in [7, 11) is 0. The molecule has 2 rings (SSSR count). The van der Waals surface area contributed by atoms with Crippen LogP contribution in [0.15, 0.2) is 24.4 Å². The van der Waals surface area contributed by atoms with Gasteiger partial charge in [-0.25, -0.2) is 4.98 Å². The van der Waals surface area contributed by atoms with Gasteiger partial charge in [0.25, 0.3) is 0 Å². The Kier molecular flexibility index (Phi) is 5.09. The molecule has 21 heavy (non-hydrogen) atoms. The molecular formula is C16H18Cl2N2O. The van der Waals surface area contributed by atoms with Crippen molar-refractivity contribution in [3.8, 4) is 11.6 Å². The van der Waals surface area contributed by atoms with Crippen molar-refractivity contribution in [3.63, 3.8) is 0 Å². The fraction of sp³-hybridized carbons (Fsp3) is 0.312. The van der Waals surface area contributed by atoms with E-state index in [0.29, 0.717) is 23.4 Å². The summed E-state index contributed by atoms with van der Waals surface area (Å²) >= 11 is 12.3. The Labute approximate surface area is 135 Å². The molecule has 0 atom stereocenters. The van der Waals surface area contributed by atoms with Crippen molar-refractivity contribution in [2.75, 3.05) is 0 Å². The third-order valence-electron chi connectivity index (χ3n) is 3.26. The Morgan fingerprint density at radius 1 is 1.19 bits per heavy atom. The lowest BCUT2D eigenvalue weighted by molar-refractivity contribution is 0.457. The molecule has 112 valence electrons. The van der Waals surface area contributed by atoms with E-state index in [4.69, 9.17) is 33.7 Å². The second-order valence-electron chi connectivity index (χ2n) is 5.21. The van der Waals surface area contributed by atoms with Crippen molar-refractivity contribution in [2.45, 2.75) is 33.2 Å². The Morgan fingerprint density at radius 3 is 2.52 bits per heavy atom. The van der Waals surface area contributed by atoms with Gasteiger partial charge in [0, 0.05) is 23.8 Å². The fourth-order valence-corrected chi connectivity index (χ4v) is 2.62. The van der Waals surface area contributed by atoms with Gasteiger partial charge >= 0.3 is 0 Å². The number of rotatable bonds is 4. The molecular weight excluding hydrogens is 307 g/mol. The molecule has 0 saturated heterocycles. The Bertz CT molecular complexity index is 657. The first-order chi connectivity index (χ1) is 9.92. The smallest absolute Gasteiger partial charge is 0.219 e. The third kappa shape index (κ3) is 3.67. The minimum atomic E-state index is 0.318. The summed E-state index contributed by atoms with van der Waals surface area (Å²) in [5.41, 5.74) is 8.45. The molecule has 0 unspecified atom stereocenters. The van der Waals surface area contributed by atoms with Gasteiger partial charge in [-0.2, -0.15) is 0 Å². The van der Waals surface area contributed by atoms with Crippen LogP contribution in [-0.2, 0) is 6.54 Å². The van der Waals surface area contributed by atoms with Crippen LogP contribution in [0.2, 0.25) is 10.0 Å². The highest BCUT2D eigenvalue weighted by Gasteiger charge is 2.12. The number of nitrogens with two attached hydrogens (primary N) is 1. The molecule has 2 aromatic rings. The van der Waals surface area contributed by atoms with Gasteiger partial charge in [-0.1, -0.05) is 37.0 Å². The van der Waals surface area contributed by atoms with Gasteiger partial charge in [0.05, 0.1) is 5.02 Å². The van der Waals surface area contributed by atoms with E-state index in [2.05, 4.69) is 18.8 Å². The first kappa shape index (κ1) is 16.1. The van der Waals surface area contributed by atoms with Gasteiger partial charge in [0.15, 0.2) is 0 Å². The summed E-state index contributed by atoms with van der Waals surface area (Å²) in [4.78, 5) is 4.18. The van der Waals surface area contributed by atoms with Gasteiger partial charge in [0.1, 0.15) is 5.75 Å². The van der Waals surface area contributed by atoms with Gasteiger partial charge in [0.2, 0.25) is 5.88 Å². The molecule has 0 saturated carbocycles. The topological polar surface area (TPSA) is 48.1 Å². The molecule has 0 aliphatic carbocycles. The monoisotopic (exact) mass is 324 g/mol. The van der Waals surface area contributed by atoms with Crippen molar-refractivity contribution in [2.24, 2.45) is 5.73 Å². The van der Waals surface area contributed by atoms with Crippen LogP contribution >= 0.6 is 23.2 Å². The maximum absolute atomic E-state index is 6.26. The first-order valence-electron chi connectivity index (χ1n) is 6.74.